The quantitative estimate of drug-likeness (QED) is 0.191. The van der Waals surface area contributed by atoms with Gasteiger partial charge in [0.2, 0.25) is 0 Å². The van der Waals surface area contributed by atoms with Gasteiger partial charge in [-0.1, -0.05) is 29.5 Å². The summed E-state index contributed by atoms with van der Waals surface area (Å²) in [5.41, 5.74) is 2.39. The Morgan fingerprint density at radius 2 is 1.60 bits per heavy atom. The average Bonchev–Trinajstić information content (AvgIpc) is 3.72. The molecule has 14 nitrogen and oxygen atoms in total. The van der Waals surface area contributed by atoms with Crippen LogP contribution in [0, 0.1) is 0 Å². The largest absolute Gasteiger partial charge is 0.463 e. The number of hydrogen-bond donors (Lipinski definition) is 0. The maximum atomic E-state index is 13.6. The Morgan fingerprint density at radius 1 is 0.911 bits per heavy atom. The summed E-state index contributed by atoms with van der Waals surface area (Å²) in [6, 6.07) is 11.2. The van der Waals surface area contributed by atoms with E-state index in [-0.39, 0.29) is 19.1 Å². The van der Waals surface area contributed by atoms with Crippen molar-refractivity contribution in [2.75, 3.05) is 11.5 Å². The van der Waals surface area contributed by atoms with Gasteiger partial charge in [-0.25, -0.2) is 4.68 Å². The van der Waals surface area contributed by atoms with Crippen molar-refractivity contribution in [1.29, 1.82) is 0 Å². The van der Waals surface area contributed by atoms with E-state index in [2.05, 4.69) is 10.3 Å². The monoisotopic (exact) mass is 638 g/mol. The highest BCUT2D eigenvalue weighted by molar-refractivity contribution is 7.11. The van der Waals surface area contributed by atoms with Crippen molar-refractivity contribution < 1.29 is 47.7 Å². The minimum absolute atomic E-state index is 0.0445. The molecule has 0 N–H and O–H groups in total. The fraction of sp³-hybridized carbons (Fsp3) is 0.367. The molecule has 236 valence electrons. The molecule has 5 rings (SSSR count). The van der Waals surface area contributed by atoms with Crippen LogP contribution in [0.2, 0.25) is 0 Å². The van der Waals surface area contributed by atoms with E-state index >= 15 is 0 Å². The smallest absolute Gasteiger partial charge is 0.303 e. The SMILES string of the molecule is CC(=O)OC[C@H]1O[C@@H](n2cc(CN3C(=O)/C(=C/c4cccs4)c4ccccc43)nn2)[C@H](OC(C)=O)[C@@H](OC(C)=O)[C@@H]1OC(C)=O. The summed E-state index contributed by atoms with van der Waals surface area (Å²) in [6.07, 6.45) is -3.08. The fourth-order valence-corrected chi connectivity index (χ4v) is 5.87. The molecule has 1 aromatic carbocycles. The topological polar surface area (TPSA) is 165 Å². The van der Waals surface area contributed by atoms with Crippen LogP contribution in [0.15, 0.2) is 48.0 Å². The van der Waals surface area contributed by atoms with Gasteiger partial charge >= 0.3 is 23.9 Å². The summed E-state index contributed by atoms with van der Waals surface area (Å²) >= 11 is 1.52. The number of aromatic nitrogens is 3. The van der Waals surface area contributed by atoms with Gasteiger partial charge in [-0.2, -0.15) is 0 Å². The zero-order valence-electron chi connectivity index (χ0n) is 24.8. The molecule has 1 saturated heterocycles. The first-order valence-electron chi connectivity index (χ1n) is 13.9. The summed E-state index contributed by atoms with van der Waals surface area (Å²) in [4.78, 5) is 64.1. The molecule has 2 aliphatic rings. The Hall–Kier alpha value is -4.89. The van der Waals surface area contributed by atoms with E-state index in [1.54, 1.807) is 4.90 Å². The lowest BCUT2D eigenvalue weighted by Crippen LogP contribution is -2.60. The van der Waals surface area contributed by atoms with Crippen LogP contribution in [0.5, 0.6) is 0 Å². The maximum absolute atomic E-state index is 13.6. The van der Waals surface area contributed by atoms with Gasteiger partial charge in [-0.05, 0) is 23.6 Å². The third kappa shape index (κ3) is 7.10. The van der Waals surface area contributed by atoms with Crippen molar-refractivity contribution >= 4 is 58.5 Å². The van der Waals surface area contributed by atoms with Crippen molar-refractivity contribution in [3.05, 3.63) is 64.1 Å². The molecule has 0 bridgehead atoms. The molecule has 0 aliphatic carbocycles. The first kappa shape index (κ1) is 31.5. The van der Waals surface area contributed by atoms with Gasteiger partial charge in [0.1, 0.15) is 18.4 Å². The highest BCUT2D eigenvalue weighted by Crippen LogP contribution is 2.39. The van der Waals surface area contributed by atoms with Crippen molar-refractivity contribution in [3.63, 3.8) is 0 Å². The summed E-state index contributed by atoms with van der Waals surface area (Å²) < 4.78 is 29.0. The van der Waals surface area contributed by atoms with E-state index in [0.717, 1.165) is 31.2 Å². The molecular formula is C30H30N4O10S. The van der Waals surface area contributed by atoms with Crippen LogP contribution in [0.3, 0.4) is 0 Å². The lowest BCUT2D eigenvalue weighted by atomic mass is 9.97. The molecule has 0 spiro atoms. The molecule has 1 fully saturated rings. The average molecular weight is 639 g/mol. The summed E-state index contributed by atoms with van der Waals surface area (Å²) in [7, 11) is 0. The van der Waals surface area contributed by atoms with Crippen LogP contribution in [0.25, 0.3) is 11.6 Å². The van der Waals surface area contributed by atoms with Crippen molar-refractivity contribution in [3.8, 4) is 0 Å². The Labute approximate surface area is 261 Å². The van der Waals surface area contributed by atoms with Gasteiger partial charge in [-0.15, -0.1) is 16.4 Å². The molecule has 0 radical (unpaired) electrons. The van der Waals surface area contributed by atoms with Gasteiger partial charge in [0.15, 0.2) is 24.5 Å². The van der Waals surface area contributed by atoms with E-state index in [0.29, 0.717) is 17.0 Å². The normalized spacial score (nSPS) is 23.4. The summed E-state index contributed by atoms with van der Waals surface area (Å²) in [5.74, 6) is -3.08. The van der Waals surface area contributed by atoms with Crippen LogP contribution in [-0.2, 0) is 54.2 Å². The lowest BCUT2D eigenvalue weighted by molar-refractivity contribution is -0.270. The molecule has 2 aliphatic heterocycles. The number of benzene rings is 1. The lowest BCUT2D eigenvalue weighted by Gasteiger charge is -2.44. The van der Waals surface area contributed by atoms with E-state index < -0.39 is 54.5 Å². The first-order valence-corrected chi connectivity index (χ1v) is 14.8. The molecule has 45 heavy (non-hydrogen) atoms. The van der Waals surface area contributed by atoms with E-state index in [1.807, 2.05) is 47.9 Å². The highest BCUT2D eigenvalue weighted by Gasteiger charge is 2.53. The maximum Gasteiger partial charge on any atom is 0.303 e. The molecule has 3 aromatic rings. The number of esters is 4. The van der Waals surface area contributed by atoms with Crippen molar-refractivity contribution in [2.45, 2.75) is 64.9 Å². The minimum atomic E-state index is -1.36. The van der Waals surface area contributed by atoms with E-state index in [9.17, 15) is 24.0 Å². The molecule has 5 atom stereocenters. The number of amides is 1. The van der Waals surface area contributed by atoms with Crippen LogP contribution in [-0.4, -0.2) is 75.8 Å². The second kappa shape index (κ2) is 13.4. The van der Waals surface area contributed by atoms with Crippen LogP contribution >= 0.6 is 11.3 Å². The van der Waals surface area contributed by atoms with Crippen molar-refractivity contribution in [1.82, 2.24) is 15.0 Å². The molecule has 0 saturated carbocycles. The van der Waals surface area contributed by atoms with Crippen LogP contribution in [0.1, 0.15) is 50.1 Å². The number of ether oxygens (including phenoxy) is 5. The number of nitrogens with zero attached hydrogens (tertiary/aromatic N) is 4. The third-order valence-electron chi connectivity index (χ3n) is 6.90. The van der Waals surface area contributed by atoms with Gasteiger partial charge in [0.05, 0.1) is 24.0 Å². The Morgan fingerprint density at radius 3 is 2.27 bits per heavy atom. The number of para-hydroxylation sites is 1. The Balaban J connectivity index is 1.47. The predicted molar refractivity (Wildman–Crippen MR) is 157 cm³/mol. The zero-order chi connectivity index (χ0) is 32.2. The Bertz CT molecular complexity index is 1630. The minimum Gasteiger partial charge on any atom is -0.463 e. The number of carbonyl (C=O) groups is 5. The Kier molecular flexibility index (Phi) is 9.39. The van der Waals surface area contributed by atoms with Gasteiger partial charge in [-0.3, -0.25) is 24.0 Å². The summed E-state index contributed by atoms with van der Waals surface area (Å²) in [5, 5.41) is 10.3. The molecule has 15 heteroatoms. The van der Waals surface area contributed by atoms with Crippen LogP contribution in [0.4, 0.5) is 5.69 Å². The zero-order valence-corrected chi connectivity index (χ0v) is 25.6. The van der Waals surface area contributed by atoms with Gasteiger partial charge < -0.3 is 28.6 Å². The predicted octanol–water partition coefficient (Wildman–Crippen LogP) is 2.68. The number of thiophene rings is 1. The molecular weight excluding hydrogens is 608 g/mol. The molecule has 0 unspecified atom stereocenters. The number of fused-ring (bicyclic) bond motifs is 1. The third-order valence-corrected chi connectivity index (χ3v) is 7.71. The molecule has 4 heterocycles. The van der Waals surface area contributed by atoms with Crippen LogP contribution < -0.4 is 4.90 Å². The molecule has 1 amide bonds. The first-order chi connectivity index (χ1) is 21.5. The van der Waals surface area contributed by atoms with Gasteiger partial charge in [0, 0.05) is 38.1 Å². The molecule has 2 aromatic heterocycles. The highest BCUT2D eigenvalue weighted by atomic mass is 32.1. The van der Waals surface area contributed by atoms with Gasteiger partial charge in [0.25, 0.3) is 5.91 Å². The number of hydrogen-bond acceptors (Lipinski definition) is 13. The number of rotatable bonds is 9. The summed E-state index contributed by atoms with van der Waals surface area (Å²) in [6.45, 7) is 4.29. The van der Waals surface area contributed by atoms with E-state index in [4.69, 9.17) is 23.7 Å². The number of anilines is 1. The fourth-order valence-electron chi connectivity index (χ4n) is 5.21. The van der Waals surface area contributed by atoms with Crippen molar-refractivity contribution in [2.24, 2.45) is 0 Å². The second-order valence-electron chi connectivity index (χ2n) is 10.3. The number of carbonyl (C=O) groups excluding carboxylic acids is 5. The van der Waals surface area contributed by atoms with E-state index in [1.165, 1.54) is 29.1 Å². The second-order valence-corrected chi connectivity index (χ2v) is 11.2. The standard InChI is InChI=1S/C30H30N4O10S/c1-16(35)40-15-25-26(41-17(2)36)27(42-18(3)37)28(43-19(4)38)30(44-25)34-14-20(31-32-34)13-33-24-10-6-5-9-22(24)23(29(33)39)12-21-8-7-11-45-21/h5-12,14,25-28,30H,13,15H2,1-4H3/b23-12+/t25-,26-,27+,28-,30-/m1/s1.